The summed E-state index contributed by atoms with van der Waals surface area (Å²) in [6.07, 6.45) is -6.16. The number of nitro benzene ring substituents is 1. The van der Waals surface area contributed by atoms with Gasteiger partial charge in [0.1, 0.15) is 5.75 Å². The molecule has 3 rings (SSSR count). The number of non-ortho nitro benzene ring substituents is 1. The van der Waals surface area contributed by atoms with Gasteiger partial charge in [0.15, 0.2) is 0 Å². The van der Waals surface area contributed by atoms with Gasteiger partial charge in [-0.25, -0.2) is 0 Å². The van der Waals surface area contributed by atoms with E-state index < -0.39 is 29.2 Å². The van der Waals surface area contributed by atoms with Crippen molar-refractivity contribution < 1.29 is 32.7 Å². The number of halogens is 3. The Labute approximate surface area is 162 Å². The summed E-state index contributed by atoms with van der Waals surface area (Å²) in [4.78, 5) is 22.6. The monoisotopic (exact) mass is 409 g/mol. The van der Waals surface area contributed by atoms with E-state index >= 15 is 0 Å². The second-order valence-electron chi connectivity index (χ2n) is 6.19. The predicted octanol–water partition coefficient (Wildman–Crippen LogP) is 3.10. The molecule has 1 unspecified atom stereocenters. The van der Waals surface area contributed by atoms with Crippen molar-refractivity contribution in [1.29, 1.82) is 0 Å². The number of benzene rings is 2. The molecule has 1 aliphatic rings. The zero-order chi connectivity index (χ0) is 21.4. The summed E-state index contributed by atoms with van der Waals surface area (Å²) in [5.41, 5.74) is -4.06. The maximum Gasteiger partial charge on any atom is 0.438 e. The van der Waals surface area contributed by atoms with Crippen LogP contribution in [0.5, 0.6) is 5.75 Å². The highest BCUT2D eigenvalue weighted by molar-refractivity contribution is 6.05. The van der Waals surface area contributed by atoms with E-state index in [-0.39, 0.29) is 27.5 Å². The number of carbonyl (C=O) groups excluding carboxylic acids is 1. The van der Waals surface area contributed by atoms with Crippen LogP contribution in [0.4, 0.5) is 18.9 Å². The number of hydrogen-bond acceptors (Lipinski definition) is 6. The molecule has 29 heavy (non-hydrogen) atoms. The lowest BCUT2D eigenvalue weighted by atomic mass is 10.0. The second kappa shape index (κ2) is 7.17. The van der Waals surface area contributed by atoms with Gasteiger partial charge in [-0.15, -0.1) is 0 Å². The van der Waals surface area contributed by atoms with Crippen molar-refractivity contribution in [3.8, 4) is 5.75 Å². The van der Waals surface area contributed by atoms with Crippen LogP contribution in [-0.4, -0.2) is 45.7 Å². The molecule has 1 heterocycles. The van der Waals surface area contributed by atoms with Gasteiger partial charge >= 0.3 is 6.18 Å². The van der Waals surface area contributed by atoms with E-state index in [1.807, 2.05) is 0 Å². The van der Waals surface area contributed by atoms with Crippen molar-refractivity contribution in [2.75, 3.05) is 7.11 Å². The van der Waals surface area contributed by atoms with Crippen LogP contribution in [0.2, 0.25) is 0 Å². The van der Waals surface area contributed by atoms with Gasteiger partial charge in [0.25, 0.3) is 17.3 Å². The number of aliphatic hydroxyl groups is 1. The van der Waals surface area contributed by atoms with E-state index in [4.69, 9.17) is 4.74 Å². The fraction of sp³-hybridized carbons (Fsp3) is 0.222. The van der Waals surface area contributed by atoms with E-state index in [2.05, 4.69) is 5.10 Å². The number of nitro groups is 1. The van der Waals surface area contributed by atoms with Crippen LogP contribution in [0.1, 0.15) is 22.3 Å². The number of rotatable bonds is 4. The van der Waals surface area contributed by atoms with Crippen LogP contribution in [0.25, 0.3) is 0 Å². The zero-order valence-electron chi connectivity index (χ0n) is 14.9. The molecule has 0 radical (unpaired) electrons. The molecule has 1 aliphatic heterocycles. The van der Waals surface area contributed by atoms with Crippen molar-refractivity contribution in [3.05, 3.63) is 69.8 Å². The van der Waals surface area contributed by atoms with Crippen LogP contribution in [0.3, 0.4) is 0 Å². The molecular formula is C18H14F3N3O5. The Balaban J connectivity index is 2.00. The van der Waals surface area contributed by atoms with E-state index in [1.165, 1.54) is 31.4 Å². The van der Waals surface area contributed by atoms with Crippen LogP contribution in [0.15, 0.2) is 53.6 Å². The maximum atomic E-state index is 13.6. The van der Waals surface area contributed by atoms with E-state index in [0.717, 1.165) is 24.3 Å². The summed E-state index contributed by atoms with van der Waals surface area (Å²) in [7, 11) is 1.43. The van der Waals surface area contributed by atoms with Gasteiger partial charge in [0.05, 0.1) is 24.2 Å². The molecule has 11 heteroatoms. The number of amides is 1. The molecule has 152 valence electrons. The number of methoxy groups -OCH3 is 1. The molecule has 0 aromatic heterocycles. The zero-order valence-corrected chi connectivity index (χ0v) is 14.9. The molecule has 0 spiro atoms. The molecule has 0 aliphatic carbocycles. The van der Waals surface area contributed by atoms with Crippen LogP contribution in [-0.2, 0) is 0 Å². The number of nitrogens with zero attached hydrogens (tertiary/aromatic N) is 3. The predicted molar refractivity (Wildman–Crippen MR) is 94.4 cm³/mol. The molecule has 2 aromatic rings. The van der Waals surface area contributed by atoms with Crippen molar-refractivity contribution in [2.24, 2.45) is 5.10 Å². The summed E-state index contributed by atoms with van der Waals surface area (Å²) >= 11 is 0. The summed E-state index contributed by atoms with van der Waals surface area (Å²) in [6.45, 7) is 0. The highest BCUT2D eigenvalue weighted by atomic mass is 19.4. The topological polar surface area (TPSA) is 105 Å². The third-order valence-electron chi connectivity index (χ3n) is 4.38. The van der Waals surface area contributed by atoms with Crippen molar-refractivity contribution >= 4 is 17.3 Å². The standard InChI is InChI=1S/C18H14F3N3O5/c1-29-14-8-4-11(5-9-14)15-10-17(26,18(19,20)21)23(22-15)16(25)12-2-6-13(7-3-12)24(27)28/h2-9,26H,10H2,1H3. The first-order valence-electron chi connectivity index (χ1n) is 8.17. The molecule has 1 N–H and O–H groups in total. The highest BCUT2D eigenvalue weighted by Crippen LogP contribution is 2.42. The van der Waals surface area contributed by atoms with Crippen LogP contribution in [0, 0.1) is 10.1 Å². The number of hydrazone groups is 1. The highest BCUT2D eigenvalue weighted by Gasteiger charge is 2.63. The third kappa shape index (κ3) is 3.63. The SMILES string of the molecule is COc1ccc(C2=NN(C(=O)c3ccc([N+](=O)[O-])cc3)C(O)(C(F)(F)F)C2)cc1. The number of ether oxygens (including phenoxy) is 1. The molecule has 8 nitrogen and oxygen atoms in total. The Morgan fingerprint density at radius 2 is 1.79 bits per heavy atom. The first kappa shape index (κ1) is 20.3. The van der Waals surface area contributed by atoms with Gasteiger partial charge in [-0.1, -0.05) is 0 Å². The number of alkyl halides is 3. The van der Waals surface area contributed by atoms with Crippen molar-refractivity contribution in [2.45, 2.75) is 18.3 Å². The Morgan fingerprint density at radius 3 is 2.28 bits per heavy atom. The minimum absolute atomic E-state index is 0.0340. The van der Waals surface area contributed by atoms with Gasteiger partial charge in [0, 0.05) is 17.7 Å². The first-order valence-corrected chi connectivity index (χ1v) is 8.17. The lowest BCUT2D eigenvalue weighted by molar-refractivity contribution is -0.384. The number of hydrogen-bond donors (Lipinski definition) is 1. The Bertz CT molecular complexity index is 974. The maximum absolute atomic E-state index is 13.6. The minimum atomic E-state index is -5.19. The van der Waals surface area contributed by atoms with Gasteiger partial charge in [-0.2, -0.15) is 23.3 Å². The molecule has 1 amide bonds. The van der Waals surface area contributed by atoms with Crippen molar-refractivity contribution in [1.82, 2.24) is 5.01 Å². The molecule has 1 atom stereocenters. The fourth-order valence-corrected chi connectivity index (χ4v) is 2.77. The largest absolute Gasteiger partial charge is 0.497 e. The van der Waals surface area contributed by atoms with E-state index in [1.54, 1.807) is 0 Å². The summed E-state index contributed by atoms with van der Waals surface area (Å²) in [6, 6.07) is 9.86. The molecule has 2 aromatic carbocycles. The normalized spacial score (nSPS) is 19.1. The molecular weight excluding hydrogens is 395 g/mol. The Hall–Kier alpha value is -3.47. The molecule has 0 fully saturated rings. The number of carbonyl (C=O) groups is 1. The van der Waals surface area contributed by atoms with Gasteiger partial charge < -0.3 is 9.84 Å². The van der Waals surface area contributed by atoms with Gasteiger partial charge in [-0.05, 0) is 42.0 Å². The Morgan fingerprint density at radius 1 is 1.21 bits per heavy atom. The summed E-state index contributed by atoms with van der Waals surface area (Å²) < 4.78 is 45.9. The smallest absolute Gasteiger partial charge is 0.438 e. The molecule has 0 saturated heterocycles. The van der Waals surface area contributed by atoms with Gasteiger partial charge in [0.2, 0.25) is 0 Å². The average Bonchev–Trinajstić information content (AvgIpc) is 3.06. The quantitative estimate of drug-likeness (QED) is 0.617. The summed E-state index contributed by atoms with van der Waals surface area (Å²) in [5.74, 6) is -0.777. The van der Waals surface area contributed by atoms with Crippen LogP contribution < -0.4 is 4.74 Å². The average molecular weight is 409 g/mol. The molecule has 0 saturated carbocycles. The van der Waals surface area contributed by atoms with E-state index in [9.17, 15) is 33.2 Å². The lowest BCUT2D eigenvalue weighted by Crippen LogP contribution is -2.56. The third-order valence-corrected chi connectivity index (χ3v) is 4.38. The summed E-state index contributed by atoms with van der Waals surface area (Å²) in [5, 5.41) is 24.7. The van der Waals surface area contributed by atoms with Gasteiger partial charge in [-0.3, -0.25) is 14.9 Å². The van der Waals surface area contributed by atoms with Crippen LogP contribution >= 0.6 is 0 Å². The lowest BCUT2D eigenvalue weighted by Gasteiger charge is -2.32. The first-order chi connectivity index (χ1) is 13.6. The van der Waals surface area contributed by atoms with Crippen molar-refractivity contribution in [3.63, 3.8) is 0 Å². The Kier molecular flexibility index (Phi) is 5.01. The molecule has 0 bridgehead atoms. The second-order valence-corrected chi connectivity index (χ2v) is 6.19. The van der Waals surface area contributed by atoms with E-state index in [0.29, 0.717) is 5.75 Å². The fourth-order valence-electron chi connectivity index (χ4n) is 2.77. The minimum Gasteiger partial charge on any atom is -0.497 e.